The summed E-state index contributed by atoms with van der Waals surface area (Å²) in [7, 11) is 0. The van der Waals surface area contributed by atoms with E-state index in [-0.39, 0.29) is 42.6 Å². The number of pyridine rings is 2. The van der Waals surface area contributed by atoms with Crippen LogP contribution < -0.4 is 10.2 Å². The van der Waals surface area contributed by atoms with Gasteiger partial charge >= 0.3 is 6.03 Å². The van der Waals surface area contributed by atoms with Crippen molar-refractivity contribution in [2.24, 2.45) is 5.92 Å². The zero-order chi connectivity index (χ0) is 30.3. The Morgan fingerprint density at radius 1 is 1.23 bits per heavy atom. The third-order valence-electron chi connectivity index (χ3n) is 9.18. The molecule has 228 valence electrons. The Balaban J connectivity index is 1.21. The largest absolute Gasteiger partial charge is 0.393 e. The van der Waals surface area contributed by atoms with Crippen LogP contribution in [0.4, 0.5) is 15.0 Å². The number of carbonyl (C=O) groups excluding carboxylic acids is 3. The minimum Gasteiger partial charge on any atom is -0.393 e. The van der Waals surface area contributed by atoms with E-state index < -0.39 is 11.7 Å². The number of likely N-dealkylation sites (tertiary alicyclic amines) is 1. The number of nitrogens with zero attached hydrogens (tertiary/aromatic N) is 5. The number of piperidine rings is 1. The second kappa shape index (κ2) is 12.0. The van der Waals surface area contributed by atoms with Crippen LogP contribution in [0.2, 0.25) is 0 Å². The summed E-state index contributed by atoms with van der Waals surface area (Å²) in [6, 6.07) is 4.97. The van der Waals surface area contributed by atoms with Gasteiger partial charge in [0, 0.05) is 37.8 Å². The van der Waals surface area contributed by atoms with Crippen LogP contribution in [-0.2, 0) is 17.6 Å². The number of halogens is 1. The van der Waals surface area contributed by atoms with Crippen molar-refractivity contribution < 1.29 is 23.9 Å². The quantitative estimate of drug-likeness (QED) is 0.273. The second-order valence-corrected chi connectivity index (χ2v) is 13.4. The number of carbonyl (C=O) groups is 3. The molecule has 3 aromatic heterocycles. The van der Waals surface area contributed by atoms with E-state index in [0.29, 0.717) is 46.9 Å². The fourth-order valence-corrected chi connectivity index (χ4v) is 7.15. The minimum atomic E-state index is -1.26. The number of rotatable bonds is 9. The average molecular weight is 609 g/mol. The lowest BCUT2D eigenvalue weighted by Gasteiger charge is -2.33. The Labute approximate surface area is 253 Å². The van der Waals surface area contributed by atoms with E-state index in [9.17, 15) is 19.5 Å². The van der Waals surface area contributed by atoms with E-state index in [4.69, 9.17) is 4.98 Å². The van der Waals surface area contributed by atoms with Crippen LogP contribution in [0.25, 0.3) is 10.3 Å². The number of Topliss-reactive ketones (excluding diaryl/α,β-unsaturated/α-hetero) is 1. The van der Waals surface area contributed by atoms with Gasteiger partial charge in [-0.15, -0.1) is 0 Å². The number of alkyl halides is 1. The van der Waals surface area contributed by atoms with Crippen molar-refractivity contribution in [1.29, 1.82) is 0 Å². The Hall–Kier alpha value is -3.35. The van der Waals surface area contributed by atoms with E-state index in [0.717, 1.165) is 49.3 Å². The summed E-state index contributed by atoms with van der Waals surface area (Å²) in [4.78, 5) is 55.5. The highest BCUT2D eigenvalue weighted by Crippen LogP contribution is 2.38. The molecule has 3 aliphatic rings. The van der Waals surface area contributed by atoms with Crippen LogP contribution in [0.1, 0.15) is 78.5 Å². The molecule has 0 radical (unpaired) electrons. The number of aromatic nitrogens is 3. The van der Waals surface area contributed by atoms with Crippen LogP contribution in [0, 0.1) is 5.92 Å². The van der Waals surface area contributed by atoms with Crippen molar-refractivity contribution in [3.63, 3.8) is 0 Å². The van der Waals surface area contributed by atoms with Gasteiger partial charge < -0.3 is 10.0 Å². The smallest absolute Gasteiger partial charge is 0.330 e. The maximum absolute atomic E-state index is 15.4. The van der Waals surface area contributed by atoms with Crippen LogP contribution in [0.15, 0.2) is 24.4 Å². The topological polar surface area (TPSA) is 129 Å². The average Bonchev–Trinajstić information content (AvgIpc) is 3.56. The van der Waals surface area contributed by atoms with Gasteiger partial charge in [-0.3, -0.25) is 19.8 Å². The van der Waals surface area contributed by atoms with E-state index in [1.165, 1.54) is 16.2 Å². The number of urea groups is 1. The van der Waals surface area contributed by atoms with E-state index in [1.807, 2.05) is 26.0 Å². The molecule has 2 fully saturated rings. The van der Waals surface area contributed by atoms with Gasteiger partial charge in [0.25, 0.3) is 0 Å². The summed E-state index contributed by atoms with van der Waals surface area (Å²) in [6.07, 6.45) is 5.16. The van der Waals surface area contributed by atoms with E-state index in [2.05, 4.69) is 20.2 Å². The van der Waals surface area contributed by atoms with Gasteiger partial charge in [-0.1, -0.05) is 31.3 Å². The number of thiazole rings is 1. The Morgan fingerprint density at radius 3 is 2.70 bits per heavy atom. The van der Waals surface area contributed by atoms with Crippen molar-refractivity contribution in [2.45, 2.75) is 76.5 Å². The van der Waals surface area contributed by atoms with Gasteiger partial charge in [0.15, 0.2) is 10.8 Å². The van der Waals surface area contributed by atoms with Crippen LogP contribution >= 0.6 is 11.3 Å². The zero-order valence-corrected chi connectivity index (χ0v) is 25.3. The first-order valence-corrected chi connectivity index (χ1v) is 15.9. The monoisotopic (exact) mass is 608 g/mol. The lowest BCUT2D eigenvalue weighted by Crippen LogP contribution is -2.37. The highest BCUT2D eigenvalue weighted by molar-refractivity contribution is 7.19. The van der Waals surface area contributed by atoms with Gasteiger partial charge in [0.05, 0.1) is 6.10 Å². The summed E-state index contributed by atoms with van der Waals surface area (Å²) in [6.45, 7) is 6.13. The summed E-state index contributed by atoms with van der Waals surface area (Å²) in [5.74, 6) is -0.328. The van der Waals surface area contributed by atoms with Gasteiger partial charge in [-0.05, 0) is 73.7 Å². The third-order valence-corrected chi connectivity index (χ3v) is 10.2. The van der Waals surface area contributed by atoms with Crippen molar-refractivity contribution in [1.82, 2.24) is 25.2 Å². The molecule has 0 bridgehead atoms. The molecule has 12 heteroatoms. The van der Waals surface area contributed by atoms with Crippen molar-refractivity contribution >= 4 is 45.2 Å². The van der Waals surface area contributed by atoms with Crippen LogP contribution in [0.5, 0.6) is 0 Å². The predicted octanol–water partition coefficient (Wildman–Crippen LogP) is 4.20. The fraction of sp³-hybridized carbons (Fsp3) is 0.548. The number of hydrogen-bond donors (Lipinski definition) is 2. The maximum atomic E-state index is 15.4. The molecule has 0 unspecified atom stereocenters. The molecule has 0 aromatic carbocycles. The fourth-order valence-electron chi connectivity index (χ4n) is 6.26. The number of amides is 3. The van der Waals surface area contributed by atoms with Crippen molar-refractivity contribution in [3.05, 3.63) is 46.2 Å². The van der Waals surface area contributed by atoms with Gasteiger partial charge in [-0.2, -0.15) is 0 Å². The number of anilines is 1. The van der Waals surface area contributed by atoms with Crippen molar-refractivity contribution in [3.8, 4) is 0 Å². The molecule has 5 heterocycles. The Kier molecular flexibility index (Phi) is 8.27. The first-order chi connectivity index (χ1) is 20.6. The normalized spacial score (nSPS) is 22.3. The second-order valence-electron chi connectivity index (χ2n) is 12.4. The number of aliphatic hydroxyl groups excluding tert-OH is 1. The Morgan fingerprint density at radius 2 is 2.02 bits per heavy atom. The molecule has 6 rings (SSSR count). The summed E-state index contributed by atoms with van der Waals surface area (Å²) < 4.78 is 15.4. The van der Waals surface area contributed by atoms with Crippen molar-refractivity contribution in [2.75, 3.05) is 31.1 Å². The molecule has 2 saturated heterocycles. The molecule has 0 saturated carbocycles. The highest BCUT2D eigenvalue weighted by Gasteiger charge is 2.38. The molecule has 2 atom stereocenters. The summed E-state index contributed by atoms with van der Waals surface area (Å²) in [5.41, 5.74) is 2.01. The lowest BCUT2D eigenvalue weighted by molar-refractivity contribution is -0.117. The Bertz CT molecular complexity index is 1540. The van der Waals surface area contributed by atoms with E-state index >= 15 is 4.39 Å². The summed E-state index contributed by atoms with van der Waals surface area (Å²) >= 11 is 1.29. The summed E-state index contributed by atoms with van der Waals surface area (Å²) in [5, 5.41) is 12.5. The van der Waals surface area contributed by atoms with Gasteiger partial charge in [0.1, 0.15) is 28.4 Å². The first-order valence-electron chi connectivity index (χ1n) is 15.1. The number of hydrogen-bond acceptors (Lipinski definition) is 9. The standard InChI is InChI=1S/C31H37FN6O4S/c1-18(2)31(32)9-5-23-21(15-31)13-24-28(34-23)43-29(35-24)25(40)14-19(6-10-37-11-7-22(39)8-12-37)20-3-4-26(33-16-20)38-17-27(41)36-30(38)42/h3-4,13,16,18-19,22,39H,5-12,14-15,17H2,1-2H3,(H,36,41,42)/t19-,31-/m0/s1. The molecule has 1 aliphatic carbocycles. The number of ketones is 1. The number of aryl methyl sites for hydroxylation is 1. The number of nitrogens with one attached hydrogen (secondary N) is 1. The molecular formula is C31H37FN6O4S. The number of aliphatic hydroxyl groups is 1. The maximum Gasteiger partial charge on any atom is 0.330 e. The molecule has 2 aliphatic heterocycles. The SMILES string of the molecule is CC(C)[C@]1(F)CCc2nc3sc(C(=O)C[C@H](CCN4CCC(O)CC4)c4ccc(N5CC(=O)NC5=O)nc4)nc3cc2C1. The molecule has 3 aromatic rings. The molecule has 2 N–H and O–H groups in total. The van der Waals surface area contributed by atoms with Crippen LogP contribution in [0.3, 0.4) is 0 Å². The highest BCUT2D eigenvalue weighted by atomic mass is 32.1. The van der Waals surface area contributed by atoms with Crippen LogP contribution in [-0.4, -0.2) is 80.6 Å². The third kappa shape index (κ3) is 6.32. The number of imide groups is 1. The predicted molar refractivity (Wildman–Crippen MR) is 161 cm³/mol. The van der Waals surface area contributed by atoms with Gasteiger partial charge in [0.2, 0.25) is 5.91 Å². The molecule has 3 amide bonds. The molecule has 43 heavy (non-hydrogen) atoms. The molecule has 0 spiro atoms. The van der Waals surface area contributed by atoms with E-state index in [1.54, 1.807) is 12.3 Å². The minimum absolute atomic E-state index is 0.0766. The molecule has 10 nitrogen and oxygen atoms in total. The zero-order valence-electron chi connectivity index (χ0n) is 24.5. The van der Waals surface area contributed by atoms with Gasteiger partial charge in [-0.25, -0.2) is 24.1 Å². The first kappa shape index (κ1) is 29.7. The number of fused-ring (bicyclic) bond motifs is 2. The lowest BCUT2D eigenvalue weighted by atomic mass is 9.77. The molecular weight excluding hydrogens is 571 g/mol.